The van der Waals surface area contributed by atoms with Crippen molar-refractivity contribution in [2.24, 2.45) is 0 Å². The van der Waals surface area contributed by atoms with E-state index in [4.69, 9.17) is 0 Å². The molecule has 0 radical (unpaired) electrons. The van der Waals surface area contributed by atoms with Gasteiger partial charge in [-0.2, -0.15) is 5.10 Å². The maximum atomic E-state index is 12.7. The van der Waals surface area contributed by atoms with E-state index < -0.39 is 0 Å². The Hall–Kier alpha value is -3.21. The number of hydrogen-bond acceptors (Lipinski definition) is 3. The summed E-state index contributed by atoms with van der Waals surface area (Å²) in [4.78, 5) is 17.0. The van der Waals surface area contributed by atoms with Crippen molar-refractivity contribution in [3.63, 3.8) is 0 Å². The SMILES string of the molecule is O=c1c2ccccc2ncn1-c1ccnn1-c1ccccc1. The van der Waals surface area contributed by atoms with Crippen LogP contribution in [0.5, 0.6) is 0 Å². The first kappa shape index (κ1) is 12.5. The van der Waals surface area contributed by atoms with Gasteiger partial charge in [0.25, 0.3) is 5.56 Å². The van der Waals surface area contributed by atoms with Crippen molar-refractivity contribution in [2.45, 2.75) is 0 Å². The fourth-order valence-electron chi connectivity index (χ4n) is 2.48. The fourth-order valence-corrected chi connectivity index (χ4v) is 2.48. The van der Waals surface area contributed by atoms with Gasteiger partial charge in [0.05, 0.1) is 22.8 Å². The molecule has 0 saturated heterocycles. The minimum Gasteiger partial charge on any atom is -0.268 e. The second-order valence-corrected chi connectivity index (χ2v) is 4.87. The molecule has 0 aliphatic heterocycles. The maximum absolute atomic E-state index is 12.7. The van der Waals surface area contributed by atoms with Gasteiger partial charge in [-0.05, 0) is 24.3 Å². The third-order valence-corrected chi connectivity index (χ3v) is 3.54. The number of fused-ring (bicyclic) bond motifs is 1. The van der Waals surface area contributed by atoms with Crippen molar-refractivity contribution in [2.75, 3.05) is 0 Å². The third-order valence-electron chi connectivity index (χ3n) is 3.54. The molecule has 106 valence electrons. The van der Waals surface area contributed by atoms with Gasteiger partial charge < -0.3 is 0 Å². The van der Waals surface area contributed by atoms with E-state index in [1.54, 1.807) is 29.3 Å². The molecule has 0 spiro atoms. The van der Waals surface area contributed by atoms with Crippen LogP contribution in [0.3, 0.4) is 0 Å². The van der Waals surface area contributed by atoms with E-state index in [-0.39, 0.29) is 5.56 Å². The molecule has 2 heterocycles. The lowest BCUT2D eigenvalue weighted by atomic mass is 10.2. The molecule has 0 aliphatic carbocycles. The van der Waals surface area contributed by atoms with E-state index >= 15 is 0 Å². The quantitative estimate of drug-likeness (QED) is 0.569. The Balaban J connectivity index is 1.96. The Kier molecular flexibility index (Phi) is 2.83. The van der Waals surface area contributed by atoms with E-state index in [9.17, 15) is 4.79 Å². The van der Waals surface area contributed by atoms with E-state index in [1.807, 2.05) is 48.5 Å². The van der Waals surface area contributed by atoms with Crippen molar-refractivity contribution in [1.82, 2.24) is 19.3 Å². The first-order chi connectivity index (χ1) is 10.8. The number of benzene rings is 2. The topological polar surface area (TPSA) is 52.7 Å². The third kappa shape index (κ3) is 1.91. The summed E-state index contributed by atoms with van der Waals surface area (Å²) >= 11 is 0. The zero-order valence-electron chi connectivity index (χ0n) is 11.6. The standard InChI is InChI=1S/C17H12N4O/c22-17-14-8-4-5-9-15(14)18-12-20(17)16-10-11-19-21(16)13-6-2-1-3-7-13/h1-12H. The molecular formula is C17H12N4O. The number of hydrogen-bond donors (Lipinski definition) is 0. The molecule has 0 unspecified atom stereocenters. The second-order valence-electron chi connectivity index (χ2n) is 4.87. The molecule has 4 aromatic rings. The van der Waals surface area contributed by atoms with Gasteiger partial charge in [0.1, 0.15) is 12.1 Å². The zero-order valence-corrected chi connectivity index (χ0v) is 11.6. The number of nitrogens with zero attached hydrogens (tertiary/aromatic N) is 4. The Labute approximate surface area is 126 Å². The first-order valence-corrected chi connectivity index (χ1v) is 6.91. The van der Waals surface area contributed by atoms with E-state index in [2.05, 4.69) is 10.1 Å². The average Bonchev–Trinajstić information content (AvgIpc) is 3.06. The first-order valence-electron chi connectivity index (χ1n) is 6.91. The fraction of sp³-hybridized carbons (Fsp3) is 0. The van der Waals surface area contributed by atoms with Crippen LogP contribution >= 0.6 is 0 Å². The van der Waals surface area contributed by atoms with Crippen molar-refractivity contribution in [3.8, 4) is 11.5 Å². The van der Waals surface area contributed by atoms with Crippen LogP contribution in [0.1, 0.15) is 0 Å². The predicted molar refractivity (Wildman–Crippen MR) is 84.5 cm³/mol. The van der Waals surface area contributed by atoms with Crippen LogP contribution in [-0.4, -0.2) is 19.3 Å². The monoisotopic (exact) mass is 288 g/mol. The summed E-state index contributed by atoms with van der Waals surface area (Å²) in [5.41, 5.74) is 1.47. The van der Waals surface area contributed by atoms with Gasteiger partial charge in [0, 0.05) is 6.07 Å². The average molecular weight is 288 g/mol. The minimum absolute atomic E-state index is 0.108. The molecule has 0 N–H and O–H groups in total. The normalized spacial score (nSPS) is 10.9. The van der Waals surface area contributed by atoms with Crippen LogP contribution in [0, 0.1) is 0 Å². The highest BCUT2D eigenvalue weighted by molar-refractivity contribution is 5.77. The van der Waals surface area contributed by atoms with Crippen LogP contribution < -0.4 is 5.56 Å². The largest absolute Gasteiger partial charge is 0.268 e. The molecule has 0 amide bonds. The molecule has 4 rings (SSSR count). The molecule has 0 bridgehead atoms. The molecule has 5 heteroatoms. The lowest BCUT2D eigenvalue weighted by molar-refractivity contribution is 0.800. The van der Waals surface area contributed by atoms with Crippen molar-refractivity contribution in [3.05, 3.63) is 83.5 Å². The highest BCUT2D eigenvalue weighted by Gasteiger charge is 2.10. The van der Waals surface area contributed by atoms with Crippen molar-refractivity contribution >= 4 is 10.9 Å². The Bertz CT molecular complexity index is 1000. The molecule has 0 aliphatic rings. The lowest BCUT2D eigenvalue weighted by Crippen LogP contribution is -2.21. The summed E-state index contributed by atoms with van der Waals surface area (Å²) in [6.07, 6.45) is 3.21. The van der Waals surface area contributed by atoms with Crippen LogP contribution in [0.25, 0.3) is 22.4 Å². The van der Waals surface area contributed by atoms with Gasteiger partial charge >= 0.3 is 0 Å². The van der Waals surface area contributed by atoms with Gasteiger partial charge in [0.2, 0.25) is 0 Å². The van der Waals surface area contributed by atoms with Crippen molar-refractivity contribution in [1.29, 1.82) is 0 Å². The number of aromatic nitrogens is 4. The zero-order chi connectivity index (χ0) is 14.9. The van der Waals surface area contributed by atoms with Gasteiger partial charge in [-0.25, -0.2) is 9.67 Å². The molecule has 22 heavy (non-hydrogen) atoms. The second kappa shape index (κ2) is 4.96. The molecular weight excluding hydrogens is 276 g/mol. The summed E-state index contributed by atoms with van der Waals surface area (Å²) in [6, 6.07) is 18.8. The van der Waals surface area contributed by atoms with Crippen LogP contribution in [0.15, 0.2) is 78.0 Å². The lowest BCUT2D eigenvalue weighted by Gasteiger charge is -2.09. The summed E-state index contributed by atoms with van der Waals surface area (Å²) in [7, 11) is 0. The van der Waals surface area contributed by atoms with Gasteiger partial charge in [-0.1, -0.05) is 30.3 Å². The highest BCUT2D eigenvalue weighted by Crippen LogP contribution is 2.13. The van der Waals surface area contributed by atoms with Gasteiger partial charge in [-0.15, -0.1) is 0 Å². The molecule has 5 nitrogen and oxygen atoms in total. The van der Waals surface area contributed by atoms with Crippen LogP contribution in [0.2, 0.25) is 0 Å². The summed E-state index contributed by atoms with van der Waals surface area (Å²) in [5.74, 6) is 0.662. The van der Waals surface area contributed by atoms with Crippen LogP contribution in [0.4, 0.5) is 0 Å². The molecule has 2 aromatic heterocycles. The van der Waals surface area contributed by atoms with E-state index in [0.717, 1.165) is 5.69 Å². The Morgan fingerprint density at radius 1 is 0.864 bits per heavy atom. The summed E-state index contributed by atoms with van der Waals surface area (Å²) in [5, 5.41) is 4.90. The van der Waals surface area contributed by atoms with Crippen molar-refractivity contribution < 1.29 is 0 Å². The van der Waals surface area contributed by atoms with E-state index in [1.165, 1.54) is 4.57 Å². The molecule has 0 saturated carbocycles. The molecule has 2 aromatic carbocycles. The molecule has 0 fully saturated rings. The summed E-state index contributed by atoms with van der Waals surface area (Å²) < 4.78 is 3.24. The Morgan fingerprint density at radius 2 is 1.64 bits per heavy atom. The summed E-state index contributed by atoms with van der Waals surface area (Å²) in [6.45, 7) is 0. The smallest absolute Gasteiger partial charge is 0.266 e. The highest BCUT2D eigenvalue weighted by atomic mass is 16.1. The minimum atomic E-state index is -0.108. The number of para-hydroxylation sites is 2. The molecule has 0 atom stereocenters. The van der Waals surface area contributed by atoms with Crippen LogP contribution in [-0.2, 0) is 0 Å². The van der Waals surface area contributed by atoms with Gasteiger partial charge in [0.15, 0.2) is 0 Å². The maximum Gasteiger partial charge on any atom is 0.266 e. The predicted octanol–water partition coefficient (Wildman–Crippen LogP) is 2.57. The Morgan fingerprint density at radius 3 is 2.50 bits per heavy atom. The number of rotatable bonds is 2. The van der Waals surface area contributed by atoms with E-state index in [0.29, 0.717) is 16.7 Å². The van der Waals surface area contributed by atoms with Gasteiger partial charge in [-0.3, -0.25) is 9.36 Å².